The summed E-state index contributed by atoms with van der Waals surface area (Å²) in [5, 5.41) is 2.10. The lowest BCUT2D eigenvalue weighted by atomic mass is 10.00. The van der Waals surface area contributed by atoms with Crippen LogP contribution >= 0.6 is 11.3 Å². The molecule has 2 heterocycles. The van der Waals surface area contributed by atoms with Crippen LogP contribution in [0.25, 0.3) is 0 Å². The molecule has 1 aliphatic rings. The van der Waals surface area contributed by atoms with Gasteiger partial charge in [-0.3, -0.25) is 9.59 Å². The Morgan fingerprint density at radius 1 is 1.25 bits per heavy atom. The van der Waals surface area contributed by atoms with Crippen molar-refractivity contribution in [2.75, 3.05) is 26.2 Å². The first kappa shape index (κ1) is 24.3. The first-order valence-electron chi connectivity index (χ1n) is 11.6. The second-order valence-electron chi connectivity index (χ2n) is 9.15. The molecule has 1 aromatic heterocycles. The van der Waals surface area contributed by atoms with Gasteiger partial charge in [0.1, 0.15) is 12.4 Å². The van der Waals surface area contributed by atoms with Gasteiger partial charge in [-0.2, -0.15) is 0 Å². The minimum atomic E-state index is -0.137. The summed E-state index contributed by atoms with van der Waals surface area (Å²) in [6.45, 7) is 12.0. The highest BCUT2D eigenvalue weighted by Crippen LogP contribution is 2.34. The molecule has 0 fully saturated rings. The van der Waals surface area contributed by atoms with Gasteiger partial charge in [0.2, 0.25) is 11.8 Å². The highest BCUT2D eigenvalue weighted by molar-refractivity contribution is 7.10. The van der Waals surface area contributed by atoms with Gasteiger partial charge in [0.15, 0.2) is 0 Å². The molecule has 2 amide bonds. The fraction of sp³-hybridized carbons (Fsp3) is 0.538. The third-order valence-electron chi connectivity index (χ3n) is 5.90. The summed E-state index contributed by atoms with van der Waals surface area (Å²) in [6, 6.07) is 8.13. The van der Waals surface area contributed by atoms with Crippen molar-refractivity contribution < 1.29 is 14.3 Å². The predicted octanol–water partition coefficient (Wildman–Crippen LogP) is 5.15. The number of fused-ring (bicyclic) bond motifs is 1. The molecule has 2 aromatic rings. The van der Waals surface area contributed by atoms with E-state index in [1.807, 2.05) is 44.7 Å². The molecule has 0 unspecified atom stereocenters. The zero-order chi connectivity index (χ0) is 23.3. The lowest BCUT2D eigenvalue weighted by Crippen LogP contribution is -2.48. The van der Waals surface area contributed by atoms with Gasteiger partial charge in [0.25, 0.3) is 0 Å². The van der Waals surface area contributed by atoms with E-state index < -0.39 is 0 Å². The average Bonchev–Trinajstić information content (AvgIpc) is 3.21. The molecule has 0 saturated heterocycles. The largest absolute Gasteiger partial charge is 0.491 e. The van der Waals surface area contributed by atoms with Gasteiger partial charge >= 0.3 is 0 Å². The molecule has 1 aromatic carbocycles. The molecule has 174 valence electrons. The van der Waals surface area contributed by atoms with Crippen LogP contribution in [-0.4, -0.2) is 47.9 Å². The summed E-state index contributed by atoms with van der Waals surface area (Å²) < 4.78 is 6.22. The molecule has 1 atom stereocenters. The van der Waals surface area contributed by atoms with Crippen LogP contribution in [0.15, 0.2) is 29.6 Å². The maximum atomic E-state index is 13.4. The third kappa shape index (κ3) is 5.91. The van der Waals surface area contributed by atoms with E-state index in [9.17, 15) is 9.59 Å². The summed E-state index contributed by atoms with van der Waals surface area (Å²) in [6.07, 6.45) is 2.17. The molecule has 6 heteroatoms. The molecular weight excluding hydrogens is 420 g/mol. The van der Waals surface area contributed by atoms with Crippen molar-refractivity contribution in [1.82, 2.24) is 9.80 Å². The zero-order valence-electron chi connectivity index (χ0n) is 20.0. The highest BCUT2D eigenvalue weighted by Gasteiger charge is 2.33. The SMILES string of the molecule is CCCN(CC(=O)N1CCc2sccc2[C@@H]1COc1ccc(C)cc1C)C(=O)CC(C)C. The summed E-state index contributed by atoms with van der Waals surface area (Å²) in [5.74, 6) is 1.19. The van der Waals surface area contributed by atoms with Crippen LogP contribution in [0, 0.1) is 19.8 Å². The number of ether oxygens (including phenoxy) is 1. The second-order valence-corrected chi connectivity index (χ2v) is 10.1. The topological polar surface area (TPSA) is 49.9 Å². The van der Waals surface area contributed by atoms with Crippen LogP contribution in [0.1, 0.15) is 61.2 Å². The number of carbonyl (C=O) groups is 2. The van der Waals surface area contributed by atoms with Gasteiger partial charge in [-0.25, -0.2) is 0 Å². The maximum Gasteiger partial charge on any atom is 0.242 e. The smallest absolute Gasteiger partial charge is 0.242 e. The Labute approximate surface area is 196 Å². The number of amides is 2. The van der Waals surface area contributed by atoms with E-state index in [0.29, 0.717) is 26.1 Å². The minimum absolute atomic E-state index is 0.00151. The Balaban J connectivity index is 1.77. The zero-order valence-corrected chi connectivity index (χ0v) is 20.8. The quantitative estimate of drug-likeness (QED) is 0.524. The monoisotopic (exact) mass is 456 g/mol. The molecule has 0 saturated carbocycles. The van der Waals surface area contributed by atoms with Crippen LogP contribution < -0.4 is 4.74 Å². The van der Waals surface area contributed by atoms with Gasteiger partial charge in [-0.05, 0) is 61.2 Å². The number of nitrogens with zero attached hydrogens (tertiary/aromatic N) is 2. The Kier molecular flexibility index (Phi) is 8.35. The molecule has 0 bridgehead atoms. The molecule has 1 aliphatic heterocycles. The van der Waals surface area contributed by atoms with E-state index in [2.05, 4.69) is 24.4 Å². The number of hydrogen-bond donors (Lipinski definition) is 0. The summed E-state index contributed by atoms with van der Waals surface area (Å²) in [5.41, 5.74) is 3.47. The third-order valence-corrected chi connectivity index (χ3v) is 6.89. The molecule has 3 rings (SSSR count). The van der Waals surface area contributed by atoms with E-state index in [4.69, 9.17) is 4.74 Å². The number of rotatable bonds is 9. The van der Waals surface area contributed by atoms with Crippen LogP contribution in [0.5, 0.6) is 5.75 Å². The standard InChI is InChI=1S/C26H36N2O3S/c1-6-11-27(25(29)14-18(2)3)16-26(30)28-12-9-24-21(10-13-32-24)22(28)17-31-23-8-7-19(4)15-20(23)5/h7-8,10,13,15,18,22H,6,9,11-12,14,16-17H2,1-5H3/t22-/m0/s1. The van der Waals surface area contributed by atoms with Crippen molar-refractivity contribution in [2.45, 2.75) is 59.9 Å². The van der Waals surface area contributed by atoms with Crippen LogP contribution in [0.2, 0.25) is 0 Å². The van der Waals surface area contributed by atoms with Gasteiger partial charge in [-0.1, -0.05) is 38.5 Å². The van der Waals surface area contributed by atoms with Crippen molar-refractivity contribution in [3.05, 3.63) is 51.2 Å². The molecule has 0 N–H and O–H groups in total. The first-order valence-corrected chi connectivity index (χ1v) is 12.5. The molecule has 32 heavy (non-hydrogen) atoms. The molecular formula is C26H36N2O3S. The number of benzene rings is 1. The predicted molar refractivity (Wildman–Crippen MR) is 130 cm³/mol. The molecule has 0 spiro atoms. The number of hydrogen-bond acceptors (Lipinski definition) is 4. The van der Waals surface area contributed by atoms with E-state index in [-0.39, 0.29) is 30.3 Å². The van der Waals surface area contributed by atoms with Crippen molar-refractivity contribution in [3.63, 3.8) is 0 Å². The lowest BCUT2D eigenvalue weighted by Gasteiger charge is -2.37. The second kappa shape index (κ2) is 11.0. The Morgan fingerprint density at radius 2 is 2.03 bits per heavy atom. The molecule has 0 radical (unpaired) electrons. The van der Waals surface area contributed by atoms with E-state index >= 15 is 0 Å². The van der Waals surface area contributed by atoms with Crippen LogP contribution in [0.4, 0.5) is 0 Å². The lowest BCUT2D eigenvalue weighted by molar-refractivity contribution is -0.143. The van der Waals surface area contributed by atoms with Crippen molar-refractivity contribution >= 4 is 23.2 Å². The Bertz CT molecular complexity index is 937. The number of thiophene rings is 1. The minimum Gasteiger partial charge on any atom is -0.491 e. The van der Waals surface area contributed by atoms with E-state index in [1.165, 1.54) is 16.0 Å². The van der Waals surface area contributed by atoms with Crippen LogP contribution in [-0.2, 0) is 16.0 Å². The van der Waals surface area contributed by atoms with Gasteiger partial charge in [-0.15, -0.1) is 11.3 Å². The normalized spacial score (nSPS) is 15.6. The van der Waals surface area contributed by atoms with E-state index in [1.54, 1.807) is 16.2 Å². The Hall–Kier alpha value is -2.34. The fourth-order valence-electron chi connectivity index (χ4n) is 4.30. The van der Waals surface area contributed by atoms with Crippen molar-refractivity contribution in [3.8, 4) is 5.75 Å². The molecule has 5 nitrogen and oxygen atoms in total. The summed E-state index contributed by atoms with van der Waals surface area (Å²) >= 11 is 1.75. The summed E-state index contributed by atoms with van der Waals surface area (Å²) in [4.78, 5) is 31.1. The average molecular weight is 457 g/mol. The van der Waals surface area contributed by atoms with Gasteiger partial charge < -0.3 is 14.5 Å². The molecule has 0 aliphatic carbocycles. The van der Waals surface area contributed by atoms with Gasteiger partial charge in [0.05, 0.1) is 12.6 Å². The maximum absolute atomic E-state index is 13.4. The van der Waals surface area contributed by atoms with Crippen molar-refractivity contribution in [2.24, 2.45) is 5.92 Å². The van der Waals surface area contributed by atoms with Gasteiger partial charge in [0, 0.05) is 24.4 Å². The first-order chi connectivity index (χ1) is 15.3. The highest BCUT2D eigenvalue weighted by atomic mass is 32.1. The Morgan fingerprint density at radius 3 is 2.72 bits per heavy atom. The van der Waals surface area contributed by atoms with Crippen molar-refractivity contribution in [1.29, 1.82) is 0 Å². The van der Waals surface area contributed by atoms with Crippen LogP contribution in [0.3, 0.4) is 0 Å². The number of aryl methyl sites for hydroxylation is 2. The van der Waals surface area contributed by atoms with E-state index in [0.717, 1.165) is 24.2 Å². The number of carbonyl (C=O) groups excluding carboxylic acids is 2. The fourth-order valence-corrected chi connectivity index (χ4v) is 5.23. The summed E-state index contributed by atoms with van der Waals surface area (Å²) in [7, 11) is 0.